The molecule has 1 heterocycles. The van der Waals surface area contributed by atoms with Crippen LogP contribution in [-0.4, -0.2) is 39.4 Å². The summed E-state index contributed by atoms with van der Waals surface area (Å²) >= 11 is 0. The molecule has 4 aromatic carbocycles. The maximum atomic E-state index is 14.3. The maximum Gasteiger partial charge on any atom is 0.268 e. The number of benzene rings is 4. The van der Waals surface area contributed by atoms with Crippen molar-refractivity contribution in [2.75, 3.05) is 20.8 Å². The summed E-state index contributed by atoms with van der Waals surface area (Å²) in [5, 5.41) is 0. The zero-order chi connectivity index (χ0) is 27.6. The van der Waals surface area contributed by atoms with Gasteiger partial charge in [-0.05, 0) is 65.6 Å². The van der Waals surface area contributed by atoms with Crippen LogP contribution in [0.2, 0.25) is 0 Å². The van der Waals surface area contributed by atoms with Gasteiger partial charge < -0.3 is 9.47 Å². The van der Waals surface area contributed by atoms with Gasteiger partial charge in [-0.3, -0.25) is 4.79 Å². The second-order valence-electron chi connectivity index (χ2n) is 9.36. The summed E-state index contributed by atoms with van der Waals surface area (Å²) in [6.07, 6.45) is 0. The number of rotatable bonds is 7. The van der Waals surface area contributed by atoms with Crippen molar-refractivity contribution >= 4 is 27.1 Å². The summed E-state index contributed by atoms with van der Waals surface area (Å²) in [6.45, 7) is 1.86. The number of methoxy groups -OCH3 is 2. The van der Waals surface area contributed by atoms with E-state index in [9.17, 15) is 13.2 Å². The molecular formula is C32H29NO5S. The number of ether oxygens (including phenoxy) is 2. The van der Waals surface area contributed by atoms with Crippen LogP contribution < -0.4 is 9.47 Å². The third-order valence-corrected chi connectivity index (χ3v) is 8.76. The summed E-state index contributed by atoms with van der Waals surface area (Å²) in [5.74, 6) is 0.345. The van der Waals surface area contributed by atoms with Gasteiger partial charge in [-0.2, -0.15) is 0 Å². The van der Waals surface area contributed by atoms with Gasteiger partial charge in [0.2, 0.25) is 0 Å². The van der Waals surface area contributed by atoms with Gasteiger partial charge in [-0.1, -0.05) is 72.3 Å². The van der Waals surface area contributed by atoms with Crippen molar-refractivity contribution < 1.29 is 22.7 Å². The van der Waals surface area contributed by atoms with E-state index in [1.165, 1.54) is 0 Å². The van der Waals surface area contributed by atoms with Crippen LogP contribution in [0.3, 0.4) is 0 Å². The SMILES string of the molecule is COc1ccc(C2=C(c3ccc(OC)cc3)C(c3ccccc3)CN(S(=O)(=O)c3ccc(C)cc3)C2=O)cc1. The fourth-order valence-corrected chi connectivity index (χ4v) is 6.30. The Labute approximate surface area is 229 Å². The zero-order valence-corrected chi connectivity index (χ0v) is 22.8. The summed E-state index contributed by atoms with van der Waals surface area (Å²) in [7, 11) is -0.961. The minimum Gasteiger partial charge on any atom is -0.497 e. The van der Waals surface area contributed by atoms with Crippen LogP contribution in [-0.2, 0) is 14.8 Å². The van der Waals surface area contributed by atoms with Gasteiger partial charge >= 0.3 is 0 Å². The average molecular weight is 540 g/mol. The van der Waals surface area contributed by atoms with E-state index in [1.807, 2.05) is 61.5 Å². The van der Waals surface area contributed by atoms with Crippen molar-refractivity contribution in [1.29, 1.82) is 0 Å². The maximum absolute atomic E-state index is 14.3. The van der Waals surface area contributed by atoms with Crippen LogP contribution in [0.25, 0.3) is 11.1 Å². The molecule has 1 aliphatic rings. The molecule has 1 amide bonds. The van der Waals surface area contributed by atoms with E-state index in [0.29, 0.717) is 22.6 Å². The molecule has 7 heteroatoms. The topological polar surface area (TPSA) is 72.9 Å². The smallest absolute Gasteiger partial charge is 0.268 e. The lowest BCUT2D eigenvalue weighted by molar-refractivity contribution is -0.121. The number of carbonyl (C=O) groups excluding carboxylic acids is 1. The number of hydrogen-bond donors (Lipinski definition) is 0. The van der Waals surface area contributed by atoms with Gasteiger partial charge in [0, 0.05) is 12.5 Å². The highest BCUT2D eigenvalue weighted by Gasteiger charge is 2.41. The molecule has 0 aliphatic carbocycles. The van der Waals surface area contributed by atoms with Crippen LogP contribution in [0.4, 0.5) is 0 Å². The van der Waals surface area contributed by atoms with Gasteiger partial charge in [0.05, 0.1) is 24.7 Å². The summed E-state index contributed by atoms with van der Waals surface area (Å²) in [4.78, 5) is 14.4. The summed E-state index contributed by atoms with van der Waals surface area (Å²) in [6, 6.07) is 30.9. The molecule has 0 spiro atoms. The molecule has 0 aromatic heterocycles. The lowest BCUT2D eigenvalue weighted by Crippen LogP contribution is -2.44. The molecule has 6 nitrogen and oxygen atoms in total. The monoisotopic (exact) mass is 539 g/mol. The first kappa shape index (κ1) is 26.3. The molecule has 0 saturated carbocycles. The van der Waals surface area contributed by atoms with E-state index in [-0.39, 0.29) is 11.4 Å². The van der Waals surface area contributed by atoms with Crippen molar-refractivity contribution in [2.45, 2.75) is 17.7 Å². The molecule has 1 atom stereocenters. The molecule has 0 radical (unpaired) electrons. The number of sulfonamides is 1. The Morgan fingerprint density at radius 1 is 0.718 bits per heavy atom. The molecule has 198 valence electrons. The van der Waals surface area contributed by atoms with Gasteiger partial charge in [0.15, 0.2) is 0 Å². The van der Waals surface area contributed by atoms with Crippen molar-refractivity contribution in [3.05, 3.63) is 125 Å². The summed E-state index contributed by atoms with van der Waals surface area (Å²) in [5.41, 5.74) is 4.35. The Bertz CT molecular complexity index is 1610. The van der Waals surface area contributed by atoms with Crippen LogP contribution in [0.1, 0.15) is 28.2 Å². The highest BCUT2D eigenvalue weighted by atomic mass is 32.2. The molecule has 4 aromatic rings. The van der Waals surface area contributed by atoms with E-state index >= 15 is 0 Å². The third-order valence-electron chi connectivity index (χ3n) is 7.00. The van der Waals surface area contributed by atoms with E-state index in [0.717, 1.165) is 26.6 Å². The fraction of sp³-hybridized carbons (Fsp3) is 0.156. The molecular weight excluding hydrogens is 510 g/mol. The Balaban J connectivity index is 1.77. The Morgan fingerprint density at radius 2 is 1.26 bits per heavy atom. The zero-order valence-electron chi connectivity index (χ0n) is 22.0. The average Bonchev–Trinajstić information content (AvgIpc) is 2.97. The lowest BCUT2D eigenvalue weighted by Gasteiger charge is -2.36. The molecule has 1 aliphatic heterocycles. The largest absolute Gasteiger partial charge is 0.497 e. The van der Waals surface area contributed by atoms with Gasteiger partial charge in [-0.25, -0.2) is 12.7 Å². The van der Waals surface area contributed by atoms with E-state index in [4.69, 9.17) is 9.47 Å². The van der Waals surface area contributed by atoms with Crippen molar-refractivity contribution in [3.63, 3.8) is 0 Å². The lowest BCUT2D eigenvalue weighted by atomic mass is 9.79. The highest BCUT2D eigenvalue weighted by Crippen LogP contribution is 2.45. The molecule has 0 bridgehead atoms. The second kappa shape index (κ2) is 10.8. The minimum absolute atomic E-state index is 0.0277. The first-order chi connectivity index (χ1) is 18.8. The predicted molar refractivity (Wildman–Crippen MR) is 152 cm³/mol. The van der Waals surface area contributed by atoms with Crippen LogP contribution in [0.15, 0.2) is 108 Å². The fourth-order valence-electron chi connectivity index (χ4n) is 4.91. The van der Waals surface area contributed by atoms with Gasteiger partial charge in [-0.15, -0.1) is 0 Å². The van der Waals surface area contributed by atoms with Gasteiger partial charge in [0.1, 0.15) is 11.5 Å². The van der Waals surface area contributed by atoms with Crippen molar-refractivity contribution in [1.82, 2.24) is 4.31 Å². The molecule has 0 N–H and O–H groups in total. The normalized spacial score (nSPS) is 15.8. The predicted octanol–water partition coefficient (Wildman–Crippen LogP) is 5.94. The van der Waals surface area contributed by atoms with E-state index in [2.05, 4.69) is 0 Å². The number of hydrogen-bond acceptors (Lipinski definition) is 5. The molecule has 0 saturated heterocycles. The number of nitrogens with zero attached hydrogens (tertiary/aromatic N) is 1. The standard InChI is InChI=1S/C32H29NO5S/c1-22-9-19-28(20-10-22)39(35,36)33-21-29(23-7-5-4-6-8-23)30(24-11-15-26(37-2)16-12-24)31(32(33)34)25-13-17-27(38-3)18-14-25/h4-20,29H,21H2,1-3H3. The van der Waals surface area contributed by atoms with E-state index in [1.54, 1.807) is 62.8 Å². The molecule has 0 fully saturated rings. The number of aryl methyl sites for hydroxylation is 1. The minimum atomic E-state index is -4.13. The summed E-state index contributed by atoms with van der Waals surface area (Å²) < 4.78 is 39.6. The first-order valence-electron chi connectivity index (χ1n) is 12.5. The number of carbonyl (C=O) groups is 1. The first-order valence-corrected chi connectivity index (χ1v) is 14.0. The third kappa shape index (κ3) is 5.05. The molecule has 39 heavy (non-hydrogen) atoms. The Hall–Kier alpha value is -4.36. The van der Waals surface area contributed by atoms with Crippen LogP contribution >= 0.6 is 0 Å². The second-order valence-corrected chi connectivity index (χ2v) is 11.2. The highest BCUT2D eigenvalue weighted by molar-refractivity contribution is 7.89. The quantitative estimate of drug-likeness (QED) is 0.291. The number of amides is 1. The van der Waals surface area contributed by atoms with Gasteiger partial charge in [0.25, 0.3) is 15.9 Å². The van der Waals surface area contributed by atoms with E-state index < -0.39 is 21.8 Å². The molecule has 1 unspecified atom stereocenters. The van der Waals surface area contributed by atoms with Crippen molar-refractivity contribution in [3.8, 4) is 11.5 Å². The Morgan fingerprint density at radius 3 is 1.79 bits per heavy atom. The van der Waals surface area contributed by atoms with Crippen molar-refractivity contribution in [2.24, 2.45) is 0 Å². The Kier molecular flexibility index (Phi) is 7.26. The van der Waals surface area contributed by atoms with Crippen LogP contribution in [0.5, 0.6) is 11.5 Å². The molecule has 5 rings (SSSR count). The van der Waals surface area contributed by atoms with Crippen LogP contribution in [0, 0.1) is 6.92 Å².